The van der Waals surface area contributed by atoms with Gasteiger partial charge >= 0.3 is 0 Å². The number of nitrogens with one attached hydrogen (secondary N) is 2. The molecule has 0 aliphatic heterocycles. The van der Waals surface area contributed by atoms with Crippen LogP contribution in [0.5, 0.6) is 0 Å². The predicted octanol–water partition coefficient (Wildman–Crippen LogP) is 4.57. The van der Waals surface area contributed by atoms with Crippen molar-refractivity contribution < 1.29 is 5.11 Å². The maximum Gasteiger partial charge on any atom is 0.225 e. The van der Waals surface area contributed by atoms with E-state index in [1.54, 1.807) is 11.3 Å². The van der Waals surface area contributed by atoms with Gasteiger partial charge in [-0.1, -0.05) is 12.1 Å². The van der Waals surface area contributed by atoms with Crippen LogP contribution in [0.1, 0.15) is 48.5 Å². The van der Waals surface area contributed by atoms with E-state index < -0.39 is 0 Å². The van der Waals surface area contributed by atoms with Gasteiger partial charge in [0.2, 0.25) is 5.95 Å². The molecular formula is C24H33N5OS. The van der Waals surface area contributed by atoms with Crippen LogP contribution in [0.25, 0.3) is 10.9 Å². The number of para-hydroxylation sites is 1. The first-order valence-corrected chi connectivity index (χ1v) is 12.0. The molecule has 1 saturated carbocycles. The van der Waals surface area contributed by atoms with Gasteiger partial charge in [0, 0.05) is 41.8 Å². The summed E-state index contributed by atoms with van der Waals surface area (Å²) in [6.45, 7) is 3.75. The second-order valence-electron chi connectivity index (χ2n) is 8.76. The van der Waals surface area contributed by atoms with Gasteiger partial charge in [-0.25, -0.2) is 4.98 Å². The van der Waals surface area contributed by atoms with Crippen LogP contribution < -0.4 is 15.5 Å². The van der Waals surface area contributed by atoms with Gasteiger partial charge in [0.25, 0.3) is 0 Å². The highest BCUT2D eigenvalue weighted by Crippen LogP contribution is 2.28. The quantitative estimate of drug-likeness (QED) is 0.477. The minimum atomic E-state index is -0.373. The van der Waals surface area contributed by atoms with Crippen molar-refractivity contribution in [1.29, 1.82) is 0 Å². The van der Waals surface area contributed by atoms with E-state index in [0.717, 1.165) is 53.5 Å². The molecule has 31 heavy (non-hydrogen) atoms. The molecule has 0 saturated heterocycles. The summed E-state index contributed by atoms with van der Waals surface area (Å²) >= 11 is 1.69. The molecular weight excluding hydrogens is 406 g/mol. The number of hydrogen-bond acceptors (Lipinski definition) is 7. The highest BCUT2D eigenvalue weighted by Gasteiger charge is 2.22. The fraction of sp³-hybridized carbons (Fsp3) is 0.500. The molecule has 0 amide bonds. The summed E-state index contributed by atoms with van der Waals surface area (Å²) < 4.78 is 0. The summed E-state index contributed by atoms with van der Waals surface area (Å²) in [6.07, 6.45) is 4.34. The molecule has 4 rings (SSSR count). The topological polar surface area (TPSA) is 73.3 Å². The fourth-order valence-corrected chi connectivity index (χ4v) is 5.19. The molecule has 0 radical (unpaired) electrons. The minimum absolute atomic E-state index is 0.373. The average molecular weight is 440 g/mol. The van der Waals surface area contributed by atoms with E-state index in [2.05, 4.69) is 33.7 Å². The molecule has 1 unspecified atom stereocenters. The number of thiophene rings is 1. The van der Waals surface area contributed by atoms with Crippen LogP contribution in [-0.4, -0.2) is 41.8 Å². The van der Waals surface area contributed by atoms with Crippen molar-refractivity contribution in [2.45, 2.75) is 51.3 Å². The number of benzene rings is 1. The molecule has 7 heteroatoms. The van der Waals surface area contributed by atoms with Gasteiger partial charge in [-0.05, 0) is 69.3 Å². The Morgan fingerprint density at radius 1 is 1.10 bits per heavy atom. The largest absolute Gasteiger partial charge is 0.388 e. The lowest BCUT2D eigenvalue weighted by Gasteiger charge is -2.29. The maximum atomic E-state index is 9.66. The van der Waals surface area contributed by atoms with E-state index in [9.17, 15) is 5.11 Å². The molecule has 1 atom stereocenters. The SMILES string of the molecule is CC(O)c1ccc(CNC[C@H]2CC[C@@H](Nc3nc(N(C)C)c4ccccc4n3)CC2)s1. The highest BCUT2D eigenvalue weighted by molar-refractivity contribution is 7.12. The highest BCUT2D eigenvalue weighted by atomic mass is 32.1. The summed E-state index contributed by atoms with van der Waals surface area (Å²) in [5.41, 5.74) is 0.980. The Hall–Kier alpha value is -2.22. The van der Waals surface area contributed by atoms with Crippen molar-refractivity contribution in [3.63, 3.8) is 0 Å². The molecule has 3 N–H and O–H groups in total. The van der Waals surface area contributed by atoms with Gasteiger partial charge in [-0.3, -0.25) is 0 Å². The predicted molar refractivity (Wildman–Crippen MR) is 130 cm³/mol. The molecule has 1 aromatic carbocycles. The molecule has 3 aromatic rings. The number of nitrogens with zero attached hydrogens (tertiary/aromatic N) is 3. The van der Waals surface area contributed by atoms with Crippen molar-refractivity contribution in [3.05, 3.63) is 46.2 Å². The first-order valence-electron chi connectivity index (χ1n) is 11.2. The molecule has 0 spiro atoms. The van der Waals surface area contributed by atoms with Crippen LogP contribution in [0.2, 0.25) is 0 Å². The van der Waals surface area contributed by atoms with Crippen LogP contribution in [0.3, 0.4) is 0 Å². The number of aromatic nitrogens is 2. The smallest absolute Gasteiger partial charge is 0.225 e. The van der Waals surface area contributed by atoms with E-state index in [-0.39, 0.29) is 6.10 Å². The van der Waals surface area contributed by atoms with Crippen molar-refractivity contribution in [1.82, 2.24) is 15.3 Å². The minimum Gasteiger partial charge on any atom is -0.388 e. The van der Waals surface area contributed by atoms with Gasteiger partial charge in [-0.2, -0.15) is 4.98 Å². The van der Waals surface area contributed by atoms with Gasteiger partial charge in [-0.15, -0.1) is 11.3 Å². The number of aliphatic hydroxyl groups is 1. The summed E-state index contributed by atoms with van der Waals surface area (Å²) in [5.74, 6) is 2.40. The zero-order valence-corrected chi connectivity index (χ0v) is 19.5. The van der Waals surface area contributed by atoms with Crippen molar-refractivity contribution >= 4 is 34.0 Å². The number of anilines is 2. The van der Waals surface area contributed by atoms with Crippen LogP contribution in [0, 0.1) is 5.92 Å². The molecule has 1 fully saturated rings. The third kappa shape index (κ3) is 5.53. The van der Waals surface area contributed by atoms with E-state index in [4.69, 9.17) is 9.97 Å². The van der Waals surface area contributed by atoms with Crippen molar-refractivity contribution in [2.75, 3.05) is 30.9 Å². The van der Waals surface area contributed by atoms with Crippen LogP contribution in [0.4, 0.5) is 11.8 Å². The Bertz CT molecular complexity index is 995. The Labute approximate surface area is 188 Å². The van der Waals surface area contributed by atoms with E-state index in [0.29, 0.717) is 12.0 Å². The zero-order chi connectivity index (χ0) is 21.8. The number of fused-ring (bicyclic) bond motifs is 1. The Morgan fingerprint density at radius 3 is 2.58 bits per heavy atom. The number of rotatable bonds is 8. The lowest BCUT2D eigenvalue weighted by molar-refractivity contribution is 0.203. The lowest BCUT2D eigenvalue weighted by Crippen LogP contribution is -2.31. The monoisotopic (exact) mass is 439 g/mol. The Balaban J connectivity index is 1.27. The van der Waals surface area contributed by atoms with Crippen molar-refractivity contribution in [2.24, 2.45) is 5.92 Å². The summed E-state index contributed by atoms with van der Waals surface area (Å²) in [6, 6.07) is 12.8. The fourth-order valence-electron chi connectivity index (χ4n) is 4.27. The van der Waals surface area contributed by atoms with E-state index in [1.165, 1.54) is 17.7 Å². The third-order valence-electron chi connectivity index (χ3n) is 6.01. The normalized spacial score (nSPS) is 20.0. The standard InChI is InChI=1S/C24H33N5OS/c1-16(30)22-13-12-19(31-22)15-25-14-17-8-10-18(11-9-17)26-24-27-21-7-5-4-6-20(21)23(28-24)29(2)3/h4-7,12-13,16-18,25,30H,8-11,14-15H2,1-3H3,(H,26,27,28)/t16?,17-,18+. The second kappa shape index (κ2) is 9.94. The average Bonchev–Trinajstić information content (AvgIpc) is 3.24. The second-order valence-corrected chi connectivity index (χ2v) is 9.96. The van der Waals surface area contributed by atoms with E-state index >= 15 is 0 Å². The molecule has 2 aromatic heterocycles. The van der Waals surface area contributed by atoms with Crippen LogP contribution in [0.15, 0.2) is 36.4 Å². The van der Waals surface area contributed by atoms with Crippen molar-refractivity contribution in [3.8, 4) is 0 Å². The molecule has 1 aliphatic carbocycles. The van der Waals surface area contributed by atoms with Crippen LogP contribution in [-0.2, 0) is 6.54 Å². The number of aliphatic hydroxyl groups excluding tert-OH is 1. The van der Waals surface area contributed by atoms with Gasteiger partial charge < -0.3 is 20.6 Å². The molecule has 6 nitrogen and oxygen atoms in total. The molecule has 2 heterocycles. The lowest BCUT2D eigenvalue weighted by atomic mass is 9.86. The van der Waals surface area contributed by atoms with Gasteiger partial charge in [0.15, 0.2) is 0 Å². The summed E-state index contributed by atoms with van der Waals surface area (Å²) in [4.78, 5) is 13.9. The Kier molecular flexibility index (Phi) is 7.05. The molecule has 1 aliphatic rings. The third-order valence-corrected chi connectivity index (χ3v) is 7.27. The zero-order valence-electron chi connectivity index (χ0n) is 18.6. The first kappa shape index (κ1) is 22.0. The maximum absolute atomic E-state index is 9.66. The number of hydrogen-bond donors (Lipinski definition) is 3. The van der Waals surface area contributed by atoms with Gasteiger partial charge in [0.05, 0.1) is 11.6 Å². The Morgan fingerprint density at radius 2 is 1.87 bits per heavy atom. The first-order chi connectivity index (χ1) is 15.0. The molecule has 166 valence electrons. The van der Waals surface area contributed by atoms with E-state index in [1.807, 2.05) is 39.2 Å². The molecule has 0 bridgehead atoms. The van der Waals surface area contributed by atoms with Crippen LogP contribution >= 0.6 is 11.3 Å². The summed E-state index contributed by atoms with van der Waals surface area (Å²) in [5, 5.41) is 17.9. The van der Waals surface area contributed by atoms with Gasteiger partial charge in [0.1, 0.15) is 5.82 Å². The summed E-state index contributed by atoms with van der Waals surface area (Å²) in [7, 11) is 4.05.